The number of benzene rings is 2. The van der Waals surface area contributed by atoms with Crippen LogP contribution in [0.15, 0.2) is 47.4 Å². The van der Waals surface area contributed by atoms with E-state index >= 15 is 0 Å². The molecule has 2 aromatic carbocycles. The topological polar surface area (TPSA) is 20.2 Å². The van der Waals surface area contributed by atoms with Crippen molar-refractivity contribution in [3.8, 4) is 0 Å². The normalized spacial score (nSPS) is 10.6. The van der Waals surface area contributed by atoms with Crippen molar-refractivity contribution in [1.29, 1.82) is 0 Å². The molecule has 0 aliphatic rings. The number of halogens is 2. The number of hydrogen-bond donors (Lipinski definition) is 1. The van der Waals surface area contributed by atoms with Crippen LogP contribution in [-0.4, -0.2) is 5.11 Å². The van der Waals surface area contributed by atoms with Crippen molar-refractivity contribution < 1.29 is 9.50 Å². The van der Waals surface area contributed by atoms with Gasteiger partial charge < -0.3 is 5.11 Å². The van der Waals surface area contributed by atoms with E-state index in [1.54, 1.807) is 23.9 Å². The zero-order valence-electron chi connectivity index (χ0n) is 9.57. The first-order valence-corrected chi connectivity index (χ1v) is 6.82. The van der Waals surface area contributed by atoms with Crippen molar-refractivity contribution in [1.82, 2.24) is 0 Å². The van der Waals surface area contributed by atoms with Crippen LogP contribution in [0.2, 0.25) is 5.02 Å². The number of aliphatic hydroxyl groups is 1. The summed E-state index contributed by atoms with van der Waals surface area (Å²) in [7, 11) is 0. The maximum absolute atomic E-state index is 13.5. The first kappa shape index (κ1) is 13.4. The van der Waals surface area contributed by atoms with E-state index in [4.69, 9.17) is 16.7 Å². The highest BCUT2D eigenvalue weighted by molar-refractivity contribution is 7.98. The SMILES string of the molecule is OCc1ccc(SCc2ccc(Cl)cc2F)cc1. The summed E-state index contributed by atoms with van der Waals surface area (Å²) in [4.78, 5) is 1.04. The molecule has 0 spiro atoms. The molecule has 94 valence electrons. The van der Waals surface area contributed by atoms with Crippen molar-refractivity contribution in [2.24, 2.45) is 0 Å². The van der Waals surface area contributed by atoms with E-state index in [0.29, 0.717) is 16.3 Å². The summed E-state index contributed by atoms with van der Waals surface area (Å²) in [5, 5.41) is 9.34. The Morgan fingerprint density at radius 1 is 1.11 bits per heavy atom. The van der Waals surface area contributed by atoms with Crippen LogP contribution in [0.5, 0.6) is 0 Å². The van der Waals surface area contributed by atoms with Gasteiger partial charge in [-0.2, -0.15) is 0 Å². The van der Waals surface area contributed by atoms with Gasteiger partial charge in [-0.25, -0.2) is 4.39 Å². The number of rotatable bonds is 4. The van der Waals surface area contributed by atoms with Gasteiger partial charge in [0.25, 0.3) is 0 Å². The van der Waals surface area contributed by atoms with E-state index in [1.807, 2.05) is 24.3 Å². The molecule has 0 saturated carbocycles. The minimum atomic E-state index is -0.276. The van der Waals surface area contributed by atoms with Crippen LogP contribution in [-0.2, 0) is 12.4 Å². The first-order chi connectivity index (χ1) is 8.69. The van der Waals surface area contributed by atoms with Crippen molar-refractivity contribution in [3.05, 3.63) is 64.4 Å². The largest absolute Gasteiger partial charge is 0.392 e. The molecule has 0 aliphatic heterocycles. The number of thioether (sulfide) groups is 1. The molecule has 0 fully saturated rings. The first-order valence-electron chi connectivity index (χ1n) is 5.45. The standard InChI is InChI=1S/C14H12ClFOS/c15-12-4-3-11(14(16)7-12)9-18-13-5-1-10(8-17)2-6-13/h1-7,17H,8-9H2. The van der Waals surface area contributed by atoms with Crippen LogP contribution in [0.25, 0.3) is 0 Å². The van der Waals surface area contributed by atoms with E-state index < -0.39 is 0 Å². The van der Waals surface area contributed by atoms with Gasteiger partial charge in [0, 0.05) is 15.7 Å². The highest BCUT2D eigenvalue weighted by atomic mass is 35.5. The van der Waals surface area contributed by atoms with E-state index in [2.05, 4.69) is 0 Å². The van der Waals surface area contributed by atoms with Crippen molar-refractivity contribution in [3.63, 3.8) is 0 Å². The summed E-state index contributed by atoms with van der Waals surface area (Å²) >= 11 is 7.25. The highest BCUT2D eigenvalue weighted by Gasteiger charge is 2.04. The summed E-state index contributed by atoms with van der Waals surface area (Å²) in [6.07, 6.45) is 0. The Labute approximate surface area is 115 Å². The van der Waals surface area contributed by atoms with Gasteiger partial charge in [-0.1, -0.05) is 29.8 Å². The van der Waals surface area contributed by atoms with Gasteiger partial charge in [0.05, 0.1) is 6.61 Å². The fraction of sp³-hybridized carbons (Fsp3) is 0.143. The molecule has 1 nitrogen and oxygen atoms in total. The van der Waals surface area contributed by atoms with Gasteiger partial charge in [-0.3, -0.25) is 0 Å². The lowest BCUT2D eigenvalue weighted by atomic mass is 10.2. The molecule has 0 bridgehead atoms. The van der Waals surface area contributed by atoms with E-state index in [0.717, 1.165) is 10.5 Å². The maximum Gasteiger partial charge on any atom is 0.128 e. The lowest BCUT2D eigenvalue weighted by Crippen LogP contribution is -1.87. The summed E-state index contributed by atoms with van der Waals surface area (Å²) in [5.41, 5.74) is 1.51. The van der Waals surface area contributed by atoms with Crippen LogP contribution in [0.4, 0.5) is 4.39 Å². The molecule has 0 aromatic heterocycles. The molecular weight excluding hydrogens is 271 g/mol. The smallest absolute Gasteiger partial charge is 0.128 e. The second-order valence-corrected chi connectivity index (χ2v) is 5.31. The Morgan fingerprint density at radius 3 is 2.44 bits per heavy atom. The Hall–Kier alpha value is -1.03. The number of aliphatic hydroxyl groups excluding tert-OH is 1. The van der Waals surface area contributed by atoms with Crippen LogP contribution >= 0.6 is 23.4 Å². The third-order valence-corrected chi connectivity index (χ3v) is 3.81. The Morgan fingerprint density at radius 2 is 1.83 bits per heavy atom. The van der Waals surface area contributed by atoms with E-state index in [9.17, 15) is 4.39 Å². The third kappa shape index (κ3) is 3.48. The molecule has 0 heterocycles. The minimum absolute atomic E-state index is 0.0385. The van der Waals surface area contributed by atoms with Gasteiger partial charge in [0.2, 0.25) is 0 Å². The number of hydrogen-bond acceptors (Lipinski definition) is 2. The molecule has 2 rings (SSSR count). The molecular formula is C14H12ClFOS. The summed E-state index contributed by atoms with van der Waals surface area (Å²) < 4.78 is 13.5. The summed E-state index contributed by atoms with van der Waals surface area (Å²) in [6.45, 7) is 0.0385. The quantitative estimate of drug-likeness (QED) is 0.846. The average molecular weight is 283 g/mol. The van der Waals surface area contributed by atoms with Crippen LogP contribution in [0.3, 0.4) is 0 Å². The predicted octanol–water partition coefficient (Wildman–Crippen LogP) is 4.26. The van der Waals surface area contributed by atoms with Gasteiger partial charge >= 0.3 is 0 Å². The Kier molecular flexibility index (Phi) is 4.64. The molecule has 0 aliphatic carbocycles. The lowest BCUT2D eigenvalue weighted by Gasteiger charge is -2.04. The van der Waals surface area contributed by atoms with Gasteiger partial charge in [0.1, 0.15) is 5.82 Å². The third-order valence-electron chi connectivity index (χ3n) is 2.52. The zero-order valence-corrected chi connectivity index (χ0v) is 11.1. The van der Waals surface area contributed by atoms with Gasteiger partial charge in [-0.15, -0.1) is 11.8 Å². The summed E-state index contributed by atoms with van der Waals surface area (Å²) in [6, 6.07) is 12.3. The van der Waals surface area contributed by atoms with Gasteiger partial charge in [0.15, 0.2) is 0 Å². The fourth-order valence-electron chi connectivity index (χ4n) is 1.49. The van der Waals surface area contributed by atoms with E-state index in [-0.39, 0.29) is 12.4 Å². The van der Waals surface area contributed by atoms with Crippen LogP contribution < -0.4 is 0 Å². The highest BCUT2D eigenvalue weighted by Crippen LogP contribution is 2.25. The van der Waals surface area contributed by atoms with E-state index in [1.165, 1.54) is 6.07 Å². The monoisotopic (exact) mass is 282 g/mol. The second-order valence-electron chi connectivity index (χ2n) is 3.83. The van der Waals surface area contributed by atoms with Crippen molar-refractivity contribution >= 4 is 23.4 Å². The fourth-order valence-corrected chi connectivity index (χ4v) is 2.53. The average Bonchev–Trinajstić information content (AvgIpc) is 2.38. The molecule has 0 atom stereocenters. The Balaban J connectivity index is 2.02. The summed E-state index contributed by atoms with van der Waals surface area (Å²) in [5.74, 6) is 0.281. The van der Waals surface area contributed by atoms with Crippen LogP contribution in [0, 0.1) is 5.82 Å². The maximum atomic E-state index is 13.5. The molecule has 0 radical (unpaired) electrons. The molecule has 1 N–H and O–H groups in total. The molecule has 18 heavy (non-hydrogen) atoms. The molecule has 0 saturated heterocycles. The lowest BCUT2D eigenvalue weighted by molar-refractivity contribution is 0.282. The van der Waals surface area contributed by atoms with Crippen molar-refractivity contribution in [2.45, 2.75) is 17.3 Å². The second kappa shape index (κ2) is 6.23. The Bertz CT molecular complexity index is 528. The molecule has 2 aromatic rings. The van der Waals surface area contributed by atoms with Crippen molar-refractivity contribution in [2.75, 3.05) is 0 Å². The molecule has 0 unspecified atom stereocenters. The van der Waals surface area contributed by atoms with Gasteiger partial charge in [-0.05, 0) is 35.4 Å². The molecule has 4 heteroatoms. The minimum Gasteiger partial charge on any atom is -0.392 e. The zero-order chi connectivity index (χ0) is 13.0. The molecule has 0 amide bonds. The predicted molar refractivity (Wildman–Crippen MR) is 73.3 cm³/mol. The van der Waals surface area contributed by atoms with Crippen LogP contribution in [0.1, 0.15) is 11.1 Å².